The van der Waals surface area contributed by atoms with Gasteiger partial charge in [-0.05, 0) is 31.5 Å². The standard InChI is InChI=1S/C21H26N6O2/c1-15(2)24-21(28)17-14-23-27-8-7-19(25-20(17)27)22-13-16-5-3-4-6-18(16)26-9-11-29-12-10-26/h3-8,14-15H,9-13H2,1-2H3,(H,22,25)(H,24,28). The summed E-state index contributed by atoms with van der Waals surface area (Å²) in [6.45, 7) is 7.78. The zero-order chi connectivity index (χ0) is 20.2. The number of nitrogens with one attached hydrogen (secondary N) is 2. The maximum atomic E-state index is 12.4. The number of hydrogen-bond acceptors (Lipinski definition) is 6. The molecule has 0 spiro atoms. The topological polar surface area (TPSA) is 83.8 Å². The van der Waals surface area contributed by atoms with Crippen LogP contribution in [-0.2, 0) is 11.3 Å². The van der Waals surface area contributed by atoms with Crippen molar-refractivity contribution in [1.29, 1.82) is 0 Å². The second-order valence-electron chi connectivity index (χ2n) is 7.35. The van der Waals surface area contributed by atoms with Gasteiger partial charge >= 0.3 is 0 Å². The molecule has 29 heavy (non-hydrogen) atoms. The normalized spacial score (nSPS) is 14.4. The van der Waals surface area contributed by atoms with Crippen LogP contribution in [0.5, 0.6) is 0 Å². The van der Waals surface area contributed by atoms with E-state index < -0.39 is 0 Å². The Hall–Kier alpha value is -3.13. The van der Waals surface area contributed by atoms with Gasteiger partial charge in [-0.3, -0.25) is 4.79 Å². The number of anilines is 2. The third-order valence-corrected chi connectivity index (χ3v) is 4.84. The van der Waals surface area contributed by atoms with E-state index >= 15 is 0 Å². The van der Waals surface area contributed by atoms with E-state index in [9.17, 15) is 4.79 Å². The Labute approximate surface area is 169 Å². The van der Waals surface area contributed by atoms with Crippen LogP contribution in [0, 0.1) is 0 Å². The summed E-state index contributed by atoms with van der Waals surface area (Å²) in [5.41, 5.74) is 3.42. The van der Waals surface area contributed by atoms with Gasteiger partial charge in [-0.25, -0.2) is 9.50 Å². The second kappa shape index (κ2) is 8.48. The lowest BCUT2D eigenvalue weighted by Gasteiger charge is -2.30. The first-order valence-corrected chi connectivity index (χ1v) is 9.91. The molecular weight excluding hydrogens is 368 g/mol. The molecule has 2 N–H and O–H groups in total. The first kappa shape index (κ1) is 19.2. The molecule has 1 amide bonds. The maximum Gasteiger partial charge on any atom is 0.256 e. The first-order chi connectivity index (χ1) is 14.1. The number of morpholine rings is 1. The van der Waals surface area contributed by atoms with Crippen molar-refractivity contribution in [3.05, 3.63) is 53.9 Å². The number of ether oxygens (including phenoxy) is 1. The van der Waals surface area contributed by atoms with Crippen LogP contribution in [0.25, 0.3) is 5.65 Å². The van der Waals surface area contributed by atoms with Gasteiger partial charge in [0.05, 0.1) is 19.4 Å². The molecule has 0 aliphatic carbocycles. The Bertz CT molecular complexity index is 994. The van der Waals surface area contributed by atoms with Crippen molar-refractivity contribution in [2.75, 3.05) is 36.5 Å². The van der Waals surface area contributed by atoms with Gasteiger partial charge in [0.25, 0.3) is 5.91 Å². The summed E-state index contributed by atoms with van der Waals surface area (Å²) in [5, 5.41) is 10.5. The molecule has 0 unspecified atom stereocenters. The van der Waals surface area contributed by atoms with Crippen molar-refractivity contribution >= 4 is 23.1 Å². The average Bonchev–Trinajstić information content (AvgIpc) is 3.16. The highest BCUT2D eigenvalue weighted by atomic mass is 16.5. The largest absolute Gasteiger partial charge is 0.378 e. The number of carbonyl (C=O) groups is 1. The summed E-state index contributed by atoms with van der Waals surface area (Å²) in [6.07, 6.45) is 3.36. The molecule has 8 heteroatoms. The number of carbonyl (C=O) groups excluding carboxylic acids is 1. The summed E-state index contributed by atoms with van der Waals surface area (Å²) in [7, 11) is 0. The average molecular weight is 394 g/mol. The van der Waals surface area contributed by atoms with Crippen LogP contribution in [0.15, 0.2) is 42.7 Å². The van der Waals surface area contributed by atoms with E-state index in [0.29, 0.717) is 23.6 Å². The minimum atomic E-state index is -0.169. The molecule has 0 saturated carbocycles. The van der Waals surface area contributed by atoms with Crippen molar-refractivity contribution < 1.29 is 9.53 Å². The second-order valence-corrected chi connectivity index (χ2v) is 7.35. The van der Waals surface area contributed by atoms with Gasteiger partial charge in [0.2, 0.25) is 0 Å². The highest BCUT2D eigenvalue weighted by Gasteiger charge is 2.16. The molecule has 152 valence electrons. The quantitative estimate of drug-likeness (QED) is 0.668. The van der Waals surface area contributed by atoms with Gasteiger partial charge in [-0.15, -0.1) is 0 Å². The van der Waals surface area contributed by atoms with Crippen molar-refractivity contribution in [2.45, 2.75) is 26.4 Å². The first-order valence-electron chi connectivity index (χ1n) is 9.91. The Morgan fingerprint density at radius 1 is 1.21 bits per heavy atom. The van der Waals surface area contributed by atoms with Crippen molar-refractivity contribution in [1.82, 2.24) is 19.9 Å². The molecule has 1 aliphatic heterocycles. The van der Waals surface area contributed by atoms with Crippen LogP contribution in [0.2, 0.25) is 0 Å². The van der Waals surface area contributed by atoms with Gasteiger partial charge in [0, 0.05) is 37.6 Å². The predicted octanol–water partition coefficient (Wildman–Crippen LogP) is 2.32. The molecule has 1 saturated heterocycles. The highest BCUT2D eigenvalue weighted by molar-refractivity contribution is 5.99. The molecule has 1 aromatic carbocycles. The zero-order valence-electron chi connectivity index (χ0n) is 16.8. The number of nitrogens with zero attached hydrogens (tertiary/aromatic N) is 4. The van der Waals surface area contributed by atoms with Crippen LogP contribution in [-0.4, -0.2) is 52.9 Å². The van der Waals surface area contributed by atoms with Crippen molar-refractivity contribution in [3.8, 4) is 0 Å². The van der Waals surface area contributed by atoms with E-state index in [0.717, 1.165) is 26.3 Å². The lowest BCUT2D eigenvalue weighted by Crippen LogP contribution is -2.36. The molecule has 8 nitrogen and oxygen atoms in total. The summed E-state index contributed by atoms with van der Waals surface area (Å²) in [4.78, 5) is 19.4. The number of fused-ring (bicyclic) bond motifs is 1. The van der Waals surface area contributed by atoms with E-state index in [1.807, 2.05) is 32.2 Å². The van der Waals surface area contributed by atoms with Crippen molar-refractivity contribution in [2.24, 2.45) is 0 Å². The third-order valence-electron chi connectivity index (χ3n) is 4.84. The van der Waals surface area contributed by atoms with E-state index in [1.54, 1.807) is 10.7 Å². The van der Waals surface area contributed by atoms with Gasteiger partial charge in [0.15, 0.2) is 5.65 Å². The SMILES string of the molecule is CC(C)NC(=O)c1cnn2ccc(NCc3ccccc3N3CCOCC3)nc12. The van der Waals surface area contributed by atoms with E-state index in [1.165, 1.54) is 11.3 Å². The summed E-state index contributed by atoms with van der Waals surface area (Å²) in [5.74, 6) is 0.533. The van der Waals surface area contributed by atoms with Crippen LogP contribution in [0.4, 0.5) is 11.5 Å². The molecule has 3 heterocycles. The van der Waals surface area contributed by atoms with Crippen molar-refractivity contribution in [3.63, 3.8) is 0 Å². The lowest BCUT2D eigenvalue weighted by molar-refractivity contribution is 0.0944. The number of para-hydroxylation sites is 1. The summed E-state index contributed by atoms with van der Waals surface area (Å²) >= 11 is 0. The number of hydrogen-bond donors (Lipinski definition) is 2. The molecular formula is C21H26N6O2. The van der Waals surface area contributed by atoms with Gasteiger partial charge in [-0.1, -0.05) is 18.2 Å². The fourth-order valence-corrected chi connectivity index (χ4v) is 3.43. The molecule has 1 fully saturated rings. The van der Waals surface area contributed by atoms with Crippen LogP contribution < -0.4 is 15.5 Å². The van der Waals surface area contributed by atoms with E-state index in [4.69, 9.17) is 4.74 Å². The fraction of sp³-hybridized carbons (Fsp3) is 0.381. The third kappa shape index (κ3) is 4.32. The zero-order valence-corrected chi connectivity index (χ0v) is 16.8. The minimum absolute atomic E-state index is 0.0513. The van der Waals surface area contributed by atoms with Gasteiger partial charge < -0.3 is 20.3 Å². The van der Waals surface area contributed by atoms with Crippen LogP contribution >= 0.6 is 0 Å². The van der Waals surface area contributed by atoms with Crippen LogP contribution in [0.1, 0.15) is 29.8 Å². The fourth-order valence-electron chi connectivity index (χ4n) is 3.43. The molecule has 4 rings (SSSR count). The highest BCUT2D eigenvalue weighted by Crippen LogP contribution is 2.22. The molecule has 0 radical (unpaired) electrons. The number of benzene rings is 1. The monoisotopic (exact) mass is 394 g/mol. The summed E-state index contributed by atoms with van der Waals surface area (Å²) in [6, 6.07) is 10.3. The molecule has 2 aromatic heterocycles. The Balaban J connectivity index is 1.52. The minimum Gasteiger partial charge on any atom is -0.378 e. The Kier molecular flexibility index (Phi) is 5.62. The van der Waals surface area contributed by atoms with Gasteiger partial charge in [-0.2, -0.15) is 5.10 Å². The van der Waals surface area contributed by atoms with Gasteiger partial charge in [0.1, 0.15) is 11.4 Å². The molecule has 0 bridgehead atoms. The number of amides is 1. The predicted molar refractivity (Wildman–Crippen MR) is 112 cm³/mol. The Morgan fingerprint density at radius 2 is 2.00 bits per heavy atom. The molecule has 0 atom stereocenters. The summed E-state index contributed by atoms with van der Waals surface area (Å²) < 4.78 is 7.08. The molecule has 3 aromatic rings. The smallest absolute Gasteiger partial charge is 0.256 e. The van der Waals surface area contributed by atoms with E-state index in [2.05, 4.69) is 43.8 Å². The Morgan fingerprint density at radius 3 is 2.79 bits per heavy atom. The maximum absolute atomic E-state index is 12.4. The lowest BCUT2D eigenvalue weighted by atomic mass is 10.1. The van der Waals surface area contributed by atoms with Crippen LogP contribution in [0.3, 0.4) is 0 Å². The number of aromatic nitrogens is 3. The molecule has 1 aliphatic rings. The van der Waals surface area contributed by atoms with E-state index in [-0.39, 0.29) is 11.9 Å². The number of rotatable bonds is 6.